The van der Waals surface area contributed by atoms with Crippen molar-refractivity contribution in [3.63, 3.8) is 0 Å². The average Bonchev–Trinajstić information content (AvgIpc) is 3.32. The molecule has 2 aliphatic rings. The van der Waals surface area contributed by atoms with Crippen molar-refractivity contribution in [2.45, 2.75) is 71.8 Å². The van der Waals surface area contributed by atoms with Gasteiger partial charge in [-0.15, -0.1) is 33.2 Å². The predicted molar refractivity (Wildman–Crippen MR) is 125 cm³/mol. The molecule has 1 aliphatic carbocycles. The van der Waals surface area contributed by atoms with Crippen LogP contribution in [-0.2, 0) is 23.4 Å². The van der Waals surface area contributed by atoms with Gasteiger partial charge in [0.1, 0.15) is 5.83 Å². The number of benzene rings is 1. The number of nitrogens with two attached hydrogens (primary N) is 2. The first-order valence-electron chi connectivity index (χ1n) is 10.0. The zero-order chi connectivity index (χ0) is 24.4. The Morgan fingerprint density at radius 1 is 1.19 bits per heavy atom. The van der Waals surface area contributed by atoms with E-state index in [1.54, 1.807) is 0 Å². The van der Waals surface area contributed by atoms with E-state index < -0.39 is 6.29 Å². The molecule has 1 aromatic rings. The monoisotopic (exact) mass is 482 g/mol. The third kappa shape index (κ3) is 7.54. The molecule has 1 heterocycles. The van der Waals surface area contributed by atoms with Crippen LogP contribution in [0.15, 0.2) is 10.1 Å². The normalized spacial score (nSPS) is 15.4. The number of thioether (sulfide) groups is 1. The van der Waals surface area contributed by atoms with Crippen LogP contribution in [0.2, 0.25) is 0 Å². The maximum atomic E-state index is 13.7. The van der Waals surface area contributed by atoms with Crippen molar-refractivity contribution in [3.8, 4) is 11.5 Å². The molecule has 31 heavy (non-hydrogen) atoms. The van der Waals surface area contributed by atoms with E-state index in [2.05, 4.69) is 24.1 Å². The Morgan fingerprint density at radius 3 is 2.16 bits per heavy atom. The lowest BCUT2D eigenvalue weighted by atomic mass is 9.90. The lowest BCUT2D eigenvalue weighted by Crippen LogP contribution is -2.26. The van der Waals surface area contributed by atoms with E-state index in [4.69, 9.17) is 14.3 Å². The fraction of sp³-hybridized carbons (Fsp3) is 0.571. The molecule has 0 aromatic heterocycles. The topological polar surface area (TPSA) is 87.6 Å². The summed E-state index contributed by atoms with van der Waals surface area (Å²) >= 11 is 5.41. The second kappa shape index (κ2) is 13.8. The number of hydrogen-bond acceptors (Lipinski definition) is 6. The molecule has 1 amide bonds. The quantitative estimate of drug-likeness (QED) is 0.382. The van der Waals surface area contributed by atoms with Crippen LogP contribution in [0.25, 0.3) is 0 Å². The van der Waals surface area contributed by atoms with Gasteiger partial charge in [0.05, 0.1) is 4.24 Å². The highest BCUT2D eigenvalue weighted by Gasteiger charge is 2.47. The number of primary amides is 1. The molecule has 1 aromatic carbocycles. The van der Waals surface area contributed by atoms with Gasteiger partial charge in [-0.3, -0.25) is 4.79 Å². The Kier molecular flexibility index (Phi) is 13.1. The molecule has 3 rings (SSSR count). The molecule has 0 bridgehead atoms. The largest absolute Gasteiger partial charge is 0.586 e. The van der Waals surface area contributed by atoms with Gasteiger partial charge in [-0.25, -0.2) is 4.39 Å². The molecule has 178 valence electrons. The predicted octanol–water partition coefficient (Wildman–Crippen LogP) is 5.64. The summed E-state index contributed by atoms with van der Waals surface area (Å²) < 4.78 is 50.6. The summed E-state index contributed by atoms with van der Waals surface area (Å²) in [5, 5.41) is 0. The van der Waals surface area contributed by atoms with E-state index >= 15 is 0 Å². The minimum Gasteiger partial charge on any atom is -0.395 e. The van der Waals surface area contributed by atoms with Crippen molar-refractivity contribution in [1.82, 2.24) is 0 Å². The van der Waals surface area contributed by atoms with Crippen molar-refractivity contribution < 1.29 is 27.4 Å². The summed E-state index contributed by atoms with van der Waals surface area (Å²) in [5.74, 6) is 0.439. The minimum absolute atomic E-state index is 0.0171. The second-order valence-corrected chi connectivity index (χ2v) is 8.18. The standard InChI is InChI=1S/C17H19F3O2S2.C2H6.CH3NO.CH5N/c1-8(2)13-12(7-24-16(23)9(3)18)10-5-4-6-11(10)14-15(13)22-17(19,20)21-14;1-2;2-1-3;1-2/h8,23H,4-7H2,1-3H3;1-2H3;1H,(H2,2,3);2H2,1H3/b16-9-;;;. The number of fused-ring (bicyclic) bond motifs is 3. The average molecular weight is 483 g/mol. The first-order chi connectivity index (χ1) is 14.6. The van der Waals surface area contributed by atoms with Crippen LogP contribution >= 0.6 is 24.4 Å². The van der Waals surface area contributed by atoms with Crippen LogP contribution in [0.1, 0.15) is 69.2 Å². The second-order valence-electron chi connectivity index (χ2n) is 6.45. The highest BCUT2D eigenvalue weighted by atomic mass is 32.2. The minimum atomic E-state index is -3.63. The Balaban J connectivity index is 0.00000116. The zero-order valence-corrected chi connectivity index (χ0v) is 20.6. The lowest BCUT2D eigenvalue weighted by Gasteiger charge is -2.20. The number of halogens is 3. The van der Waals surface area contributed by atoms with Gasteiger partial charge in [0.15, 0.2) is 11.5 Å². The van der Waals surface area contributed by atoms with Crippen LogP contribution in [0.4, 0.5) is 13.2 Å². The molecular weight excluding hydrogens is 449 g/mol. The number of carbonyl (C=O) groups is 1. The summed E-state index contributed by atoms with van der Waals surface area (Å²) in [6.07, 6.45) is -0.980. The summed E-state index contributed by atoms with van der Waals surface area (Å²) in [6.45, 7) is 9.22. The molecule has 0 spiro atoms. The number of ether oxygens (including phenoxy) is 2. The van der Waals surface area contributed by atoms with Crippen LogP contribution < -0.4 is 20.9 Å². The highest BCUT2D eigenvalue weighted by molar-refractivity contribution is 8.15. The van der Waals surface area contributed by atoms with Gasteiger partial charge in [-0.05, 0) is 50.3 Å². The van der Waals surface area contributed by atoms with Crippen molar-refractivity contribution in [2.75, 3.05) is 7.05 Å². The van der Waals surface area contributed by atoms with E-state index in [1.807, 2.05) is 27.7 Å². The van der Waals surface area contributed by atoms with Crippen molar-refractivity contribution in [3.05, 3.63) is 32.3 Å². The summed E-state index contributed by atoms with van der Waals surface area (Å²) in [4.78, 5) is 8.58. The molecular formula is C21H33F3N2O3S2. The fourth-order valence-corrected chi connectivity index (χ4v) is 4.37. The van der Waals surface area contributed by atoms with Gasteiger partial charge in [-0.1, -0.05) is 27.7 Å². The number of alkyl halides is 2. The number of amides is 1. The Morgan fingerprint density at radius 2 is 1.68 bits per heavy atom. The van der Waals surface area contributed by atoms with Crippen molar-refractivity contribution >= 4 is 30.8 Å². The third-order valence-electron chi connectivity index (χ3n) is 4.30. The van der Waals surface area contributed by atoms with E-state index in [1.165, 1.54) is 25.7 Å². The molecule has 0 unspecified atom stereocenters. The molecule has 4 N–H and O–H groups in total. The molecule has 1 aliphatic heterocycles. The van der Waals surface area contributed by atoms with Gasteiger partial charge in [0.2, 0.25) is 6.41 Å². The zero-order valence-electron chi connectivity index (χ0n) is 18.9. The van der Waals surface area contributed by atoms with Gasteiger partial charge >= 0.3 is 6.29 Å². The highest BCUT2D eigenvalue weighted by Crippen LogP contribution is 2.53. The fourth-order valence-electron chi connectivity index (χ4n) is 3.37. The van der Waals surface area contributed by atoms with Crippen LogP contribution in [-0.4, -0.2) is 19.8 Å². The molecule has 0 radical (unpaired) electrons. The molecule has 10 heteroatoms. The van der Waals surface area contributed by atoms with Crippen LogP contribution in [0.5, 0.6) is 11.5 Å². The van der Waals surface area contributed by atoms with Gasteiger partial charge in [0.25, 0.3) is 0 Å². The first kappa shape index (κ1) is 29.5. The van der Waals surface area contributed by atoms with Gasteiger partial charge in [-0.2, -0.15) is 0 Å². The molecule has 0 fully saturated rings. The van der Waals surface area contributed by atoms with E-state index in [0.717, 1.165) is 35.1 Å². The number of rotatable bonds is 4. The maximum Gasteiger partial charge on any atom is 0.586 e. The summed E-state index contributed by atoms with van der Waals surface area (Å²) in [5.41, 5.74) is 12.2. The van der Waals surface area contributed by atoms with Gasteiger partial charge in [0, 0.05) is 16.9 Å². The number of allylic oxidation sites excluding steroid dienone is 1. The summed E-state index contributed by atoms with van der Waals surface area (Å²) in [6, 6.07) is 0. The smallest absolute Gasteiger partial charge is 0.395 e. The molecule has 0 atom stereocenters. The van der Waals surface area contributed by atoms with E-state index in [9.17, 15) is 13.2 Å². The number of hydrogen-bond donors (Lipinski definition) is 3. The first-order valence-corrected chi connectivity index (χ1v) is 11.4. The number of thiol groups is 1. The van der Waals surface area contributed by atoms with Gasteiger partial charge < -0.3 is 20.9 Å². The van der Waals surface area contributed by atoms with E-state index in [-0.39, 0.29) is 29.7 Å². The SMILES string of the molecule is C/C(F)=C(\S)SCc1c2c(c3c(c1C(C)C)OC(F)(F)O3)CCC2.CC.CN.NC=O. The lowest BCUT2D eigenvalue weighted by molar-refractivity contribution is -0.287. The number of carbonyl (C=O) groups excluding carboxylic acids is 1. The van der Waals surface area contributed by atoms with Crippen LogP contribution in [0.3, 0.4) is 0 Å². The molecule has 0 saturated carbocycles. The van der Waals surface area contributed by atoms with E-state index in [0.29, 0.717) is 16.4 Å². The Labute approximate surface area is 192 Å². The molecule has 0 saturated heterocycles. The third-order valence-corrected chi connectivity index (χ3v) is 5.98. The van der Waals surface area contributed by atoms with Crippen LogP contribution in [0, 0.1) is 0 Å². The molecule has 5 nitrogen and oxygen atoms in total. The summed E-state index contributed by atoms with van der Waals surface area (Å²) in [7, 11) is 1.50. The van der Waals surface area contributed by atoms with Crippen molar-refractivity contribution in [1.29, 1.82) is 0 Å². The maximum absolute atomic E-state index is 13.7. The Hall–Kier alpha value is -1.52. The van der Waals surface area contributed by atoms with Crippen molar-refractivity contribution in [2.24, 2.45) is 11.5 Å². The Bertz CT molecular complexity index is 769.